The number of halogens is 1. The van der Waals surface area contributed by atoms with Gasteiger partial charge < -0.3 is 0 Å². The van der Waals surface area contributed by atoms with Crippen molar-refractivity contribution in [2.24, 2.45) is 0 Å². The second-order valence-electron chi connectivity index (χ2n) is 6.24. The van der Waals surface area contributed by atoms with Crippen molar-refractivity contribution >= 4 is 50.5 Å². The smallest absolute Gasteiger partial charge is 0.270 e. The molecule has 1 aliphatic rings. The molecule has 0 aliphatic carbocycles. The maximum Gasteiger partial charge on any atom is 0.270 e. The first-order valence-corrected chi connectivity index (χ1v) is 9.21. The number of hydrogen-bond donors (Lipinski definition) is 0. The van der Waals surface area contributed by atoms with Gasteiger partial charge in [-0.1, -0.05) is 11.6 Å². The van der Waals surface area contributed by atoms with Crippen molar-refractivity contribution in [1.29, 1.82) is 0 Å². The highest BCUT2D eigenvalue weighted by Crippen LogP contribution is 2.33. The molecule has 0 saturated carbocycles. The molecule has 0 unspecified atom stereocenters. The molecule has 0 saturated heterocycles. The maximum absolute atomic E-state index is 12.8. The van der Waals surface area contributed by atoms with Gasteiger partial charge >= 0.3 is 0 Å². The van der Waals surface area contributed by atoms with Gasteiger partial charge in [0.2, 0.25) is 0 Å². The Morgan fingerprint density at radius 3 is 2.88 bits per heavy atom. The van der Waals surface area contributed by atoms with E-state index in [1.807, 2.05) is 13.8 Å². The summed E-state index contributed by atoms with van der Waals surface area (Å²) in [5, 5.41) is 12.1. The number of fused-ring (bicyclic) bond motifs is 2. The lowest BCUT2D eigenvalue weighted by Crippen LogP contribution is -2.20. The van der Waals surface area contributed by atoms with Crippen LogP contribution in [0.2, 0.25) is 5.02 Å². The zero-order valence-corrected chi connectivity index (χ0v) is 15.6. The molecule has 2 aromatic heterocycles. The average molecular weight is 388 g/mol. The summed E-state index contributed by atoms with van der Waals surface area (Å²) in [4.78, 5) is 29.9. The third-order valence-corrected chi connectivity index (χ3v) is 6.15. The van der Waals surface area contributed by atoms with E-state index in [-0.39, 0.29) is 11.2 Å². The largest absolute Gasteiger partial charge is 0.292 e. The molecular formula is C18H14ClN3O3S. The topological polar surface area (TPSA) is 78.0 Å². The fraction of sp³-hybridized carbons (Fsp3) is 0.222. The first-order chi connectivity index (χ1) is 12.4. The van der Waals surface area contributed by atoms with Gasteiger partial charge in [0.05, 0.1) is 10.3 Å². The lowest BCUT2D eigenvalue weighted by molar-refractivity contribution is -0.384. The second kappa shape index (κ2) is 6.03. The Morgan fingerprint density at radius 1 is 1.38 bits per heavy atom. The van der Waals surface area contributed by atoms with Crippen LogP contribution in [0.5, 0.6) is 0 Å². The predicted molar refractivity (Wildman–Crippen MR) is 104 cm³/mol. The molecule has 132 valence electrons. The summed E-state index contributed by atoms with van der Waals surface area (Å²) < 4.78 is 1.68. The van der Waals surface area contributed by atoms with E-state index in [1.165, 1.54) is 29.5 Å². The average Bonchev–Trinajstić information content (AvgIpc) is 3.11. The summed E-state index contributed by atoms with van der Waals surface area (Å²) in [6.07, 6.45) is 2.43. The molecule has 0 N–H and O–H groups in total. The van der Waals surface area contributed by atoms with Gasteiger partial charge in [0.1, 0.15) is 10.7 Å². The third kappa shape index (κ3) is 2.55. The van der Waals surface area contributed by atoms with E-state index >= 15 is 0 Å². The molecule has 6 nitrogen and oxygen atoms in total. The van der Waals surface area contributed by atoms with Crippen LogP contribution in [-0.2, 0) is 6.54 Å². The molecule has 1 aliphatic heterocycles. The number of nitrogens with zero attached hydrogens (tertiary/aromatic N) is 3. The fourth-order valence-electron chi connectivity index (χ4n) is 3.20. The quantitative estimate of drug-likeness (QED) is 0.476. The summed E-state index contributed by atoms with van der Waals surface area (Å²) in [6, 6.07) is 4.32. The highest BCUT2D eigenvalue weighted by Gasteiger charge is 2.23. The number of nitro benzene ring substituents is 1. The summed E-state index contributed by atoms with van der Waals surface area (Å²) >= 11 is 7.71. The summed E-state index contributed by atoms with van der Waals surface area (Å²) in [5.74, 6) is 0.617. The summed E-state index contributed by atoms with van der Waals surface area (Å²) in [6.45, 7) is 4.47. The Kier molecular flexibility index (Phi) is 3.93. The lowest BCUT2D eigenvalue weighted by atomic mass is 10.1. The number of hydrogen-bond acceptors (Lipinski definition) is 5. The number of nitro groups is 1. The van der Waals surface area contributed by atoms with Crippen molar-refractivity contribution < 1.29 is 4.92 Å². The van der Waals surface area contributed by atoms with Crippen LogP contribution in [0.1, 0.15) is 28.2 Å². The van der Waals surface area contributed by atoms with Gasteiger partial charge in [-0.25, -0.2) is 4.98 Å². The van der Waals surface area contributed by atoms with Gasteiger partial charge in [-0.15, -0.1) is 11.3 Å². The number of aryl methyl sites for hydroxylation is 2. The van der Waals surface area contributed by atoms with Gasteiger partial charge in [0.25, 0.3) is 11.2 Å². The number of non-ortho nitro benzene ring substituents is 1. The van der Waals surface area contributed by atoms with Crippen LogP contribution in [0.3, 0.4) is 0 Å². The molecule has 0 amide bonds. The van der Waals surface area contributed by atoms with Gasteiger partial charge in [-0.3, -0.25) is 19.5 Å². The number of thiophene rings is 1. The molecule has 0 atom stereocenters. The van der Waals surface area contributed by atoms with E-state index in [2.05, 4.69) is 0 Å². The minimum Gasteiger partial charge on any atom is -0.292 e. The molecular weight excluding hydrogens is 374 g/mol. The monoisotopic (exact) mass is 387 g/mol. The first-order valence-electron chi connectivity index (χ1n) is 8.02. The zero-order valence-electron chi connectivity index (χ0n) is 14.1. The SMILES string of the molecule is Cc1sc2nc3n(c(=O)c2c1C)CC/C3=C/c1cc([N+](=O)[O-])ccc1Cl. The van der Waals surface area contributed by atoms with E-state index in [0.29, 0.717) is 34.8 Å². The van der Waals surface area contributed by atoms with Gasteiger partial charge in [0, 0.05) is 34.1 Å². The molecule has 8 heteroatoms. The van der Waals surface area contributed by atoms with Crippen molar-refractivity contribution in [2.45, 2.75) is 26.8 Å². The van der Waals surface area contributed by atoms with Crippen LogP contribution < -0.4 is 5.56 Å². The third-order valence-electron chi connectivity index (χ3n) is 4.70. The summed E-state index contributed by atoms with van der Waals surface area (Å²) in [7, 11) is 0. The molecule has 0 fully saturated rings. The van der Waals surface area contributed by atoms with E-state index < -0.39 is 4.92 Å². The standard InChI is InChI=1S/C18H14ClN3O3S/c1-9-10(2)26-17-15(9)18(23)21-6-5-11(16(21)20-17)7-12-8-13(22(24)25)3-4-14(12)19/h3-4,7-8H,5-6H2,1-2H3/b11-7-. The number of allylic oxidation sites excluding steroid dienone is 1. The van der Waals surface area contributed by atoms with Crippen LogP contribution >= 0.6 is 22.9 Å². The summed E-state index contributed by atoms with van der Waals surface area (Å²) in [5.41, 5.74) is 2.34. The number of aromatic nitrogens is 2. The molecule has 3 heterocycles. The van der Waals surface area contributed by atoms with Crippen LogP contribution in [-0.4, -0.2) is 14.5 Å². The number of benzene rings is 1. The van der Waals surface area contributed by atoms with E-state index in [0.717, 1.165) is 20.8 Å². The maximum atomic E-state index is 12.8. The molecule has 0 spiro atoms. The van der Waals surface area contributed by atoms with E-state index in [4.69, 9.17) is 16.6 Å². The highest BCUT2D eigenvalue weighted by molar-refractivity contribution is 7.18. The Hall–Kier alpha value is -2.51. The Morgan fingerprint density at radius 2 is 2.15 bits per heavy atom. The van der Waals surface area contributed by atoms with Gasteiger partial charge in [-0.05, 0) is 43.5 Å². The minimum atomic E-state index is -0.454. The Balaban J connectivity index is 1.90. The molecule has 26 heavy (non-hydrogen) atoms. The normalized spacial score (nSPS) is 15.0. The van der Waals surface area contributed by atoms with Crippen LogP contribution in [0.25, 0.3) is 21.9 Å². The number of rotatable bonds is 2. The molecule has 4 rings (SSSR count). The highest BCUT2D eigenvalue weighted by atomic mass is 35.5. The van der Waals surface area contributed by atoms with Gasteiger partial charge in [0.15, 0.2) is 0 Å². The van der Waals surface area contributed by atoms with Crippen LogP contribution in [0.15, 0.2) is 23.0 Å². The Bertz CT molecular complexity index is 1180. The van der Waals surface area contributed by atoms with E-state index in [9.17, 15) is 14.9 Å². The first kappa shape index (κ1) is 16.9. The lowest BCUT2D eigenvalue weighted by Gasteiger charge is -2.04. The minimum absolute atomic E-state index is 0.0236. The van der Waals surface area contributed by atoms with Crippen molar-refractivity contribution in [1.82, 2.24) is 9.55 Å². The molecule has 0 radical (unpaired) electrons. The van der Waals surface area contributed by atoms with Crippen molar-refractivity contribution in [3.05, 3.63) is 65.5 Å². The fourth-order valence-corrected chi connectivity index (χ4v) is 4.40. The predicted octanol–water partition coefficient (Wildman–Crippen LogP) is 4.58. The van der Waals surface area contributed by atoms with Crippen LogP contribution in [0, 0.1) is 24.0 Å². The molecule has 1 aromatic carbocycles. The Labute approximate surface area is 157 Å². The van der Waals surface area contributed by atoms with Crippen LogP contribution in [0.4, 0.5) is 5.69 Å². The van der Waals surface area contributed by atoms with Crippen molar-refractivity contribution in [3.63, 3.8) is 0 Å². The van der Waals surface area contributed by atoms with Crippen molar-refractivity contribution in [3.8, 4) is 0 Å². The molecule has 3 aromatic rings. The second-order valence-corrected chi connectivity index (χ2v) is 7.85. The zero-order chi connectivity index (χ0) is 18.6. The molecule has 0 bridgehead atoms. The van der Waals surface area contributed by atoms with Gasteiger partial charge in [-0.2, -0.15) is 0 Å². The van der Waals surface area contributed by atoms with E-state index in [1.54, 1.807) is 10.6 Å². The van der Waals surface area contributed by atoms with Crippen molar-refractivity contribution in [2.75, 3.05) is 0 Å².